The topological polar surface area (TPSA) is 97.8 Å². The Bertz CT molecular complexity index is 1250. The van der Waals surface area contributed by atoms with Gasteiger partial charge in [0.25, 0.3) is 5.91 Å². The number of sulfonamides is 1. The van der Waals surface area contributed by atoms with E-state index in [4.69, 9.17) is 32.7 Å². The third kappa shape index (κ3) is 5.16. The van der Waals surface area contributed by atoms with Gasteiger partial charge in [-0.15, -0.1) is 11.3 Å². The number of anilines is 1. The summed E-state index contributed by atoms with van der Waals surface area (Å²) in [4.78, 5) is 17.2. The van der Waals surface area contributed by atoms with E-state index >= 15 is 0 Å². The van der Waals surface area contributed by atoms with Gasteiger partial charge in [0.2, 0.25) is 10.0 Å². The van der Waals surface area contributed by atoms with Gasteiger partial charge in [-0.05, 0) is 24.3 Å². The first-order valence-electron chi connectivity index (χ1n) is 9.78. The molecule has 0 spiro atoms. The number of nitrogens with zero attached hydrogens (tertiary/aromatic N) is 2. The Labute approximate surface area is 205 Å². The zero-order valence-electron chi connectivity index (χ0n) is 17.4. The number of rotatable bonds is 6. The molecule has 0 unspecified atom stereocenters. The molecule has 1 N–H and O–H groups in total. The molecule has 12 heteroatoms. The normalized spacial score (nSPS) is 14.8. The molecule has 0 radical (unpaired) electrons. The van der Waals surface area contributed by atoms with E-state index in [1.54, 1.807) is 29.6 Å². The van der Waals surface area contributed by atoms with E-state index in [-0.39, 0.29) is 20.5 Å². The number of carbonyl (C=O) groups excluding carboxylic acids is 1. The van der Waals surface area contributed by atoms with Crippen LogP contribution < -0.4 is 10.1 Å². The summed E-state index contributed by atoms with van der Waals surface area (Å²) < 4.78 is 37.3. The lowest BCUT2D eigenvalue weighted by atomic mass is 10.2. The van der Waals surface area contributed by atoms with Gasteiger partial charge in [0, 0.05) is 29.6 Å². The van der Waals surface area contributed by atoms with Gasteiger partial charge in [-0.25, -0.2) is 13.4 Å². The maximum atomic E-state index is 12.8. The van der Waals surface area contributed by atoms with E-state index in [9.17, 15) is 13.2 Å². The Morgan fingerprint density at radius 1 is 1.15 bits per heavy atom. The number of hydrogen-bond donors (Lipinski definition) is 1. The summed E-state index contributed by atoms with van der Waals surface area (Å²) in [6, 6.07) is 9.42. The standard InChI is InChI=1S/C21H19Cl2N3O5S2/c1-30-19-16(22)10-14(11-17(19)23)20(27)25-21-24-18(12-32-21)13-2-4-15(5-3-13)33(28,29)26-6-8-31-9-7-26/h2-5,10-12H,6-9H2,1H3,(H,24,25,27). The summed E-state index contributed by atoms with van der Waals surface area (Å²) in [5.74, 6) is -0.125. The largest absolute Gasteiger partial charge is 0.494 e. The van der Waals surface area contributed by atoms with Crippen LogP contribution >= 0.6 is 34.5 Å². The number of ether oxygens (including phenoxy) is 2. The lowest BCUT2D eigenvalue weighted by molar-refractivity contribution is 0.0730. The van der Waals surface area contributed by atoms with Crippen molar-refractivity contribution in [1.29, 1.82) is 0 Å². The third-order valence-electron chi connectivity index (χ3n) is 4.95. The summed E-state index contributed by atoms with van der Waals surface area (Å²) in [6.45, 7) is 1.45. The van der Waals surface area contributed by atoms with Crippen LogP contribution in [0.2, 0.25) is 10.0 Å². The molecule has 1 amide bonds. The summed E-state index contributed by atoms with van der Waals surface area (Å²) in [5, 5.41) is 5.31. The fraction of sp³-hybridized carbons (Fsp3) is 0.238. The van der Waals surface area contributed by atoms with Crippen LogP contribution in [0.4, 0.5) is 5.13 Å². The van der Waals surface area contributed by atoms with E-state index in [0.717, 1.165) is 5.56 Å². The summed E-state index contributed by atoms with van der Waals surface area (Å²) in [7, 11) is -2.13. The molecule has 33 heavy (non-hydrogen) atoms. The second kappa shape index (κ2) is 9.96. The summed E-state index contributed by atoms with van der Waals surface area (Å²) >= 11 is 13.5. The van der Waals surface area contributed by atoms with Crippen molar-refractivity contribution in [3.8, 4) is 17.0 Å². The number of methoxy groups -OCH3 is 1. The highest BCUT2D eigenvalue weighted by Gasteiger charge is 2.26. The molecule has 0 atom stereocenters. The van der Waals surface area contributed by atoms with Crippen LogP contribution in [0.25, 0.3) is 11.3 Å². The molecule has 2 aromatic carbocycles. The Morgan fingerprint density at radius 2 is 1.79 bits per heavy atom. The van der Waals surface area contributed by atoms with Crippen LogP contribution in [0.15, 0.2) is 46.7 Å². The number of morpholine rings is 1. The second-order valence-corrected chi connectivity index (χ2v) is 10.6. The van der Waals surface area contributed by atoms with E-state index in [1.165, 1.54) is 34.9 Å². The van der Waals surface area contributed by atoms with Crippen LogP contribution in [-0.4, -0.2) is 57.0 Å². The molecule has 1 aliphatic heterocycles. The summed E-state index contributed by atoms with van der Waals surface area (Å²) in [6.07, 6.45) is 0. The lowest BCUT2D eigenvalue weighted by Gasteiger charge is -2.26. The number of halogens is 2. The number of aromatic nitrogens is 1. The van der Waals surface area contributed by atoms with Gasteiger partial charge in [-0.3, -0.25) is 10.1 Å². The van der Waals surface area contributed by atoms with E-state index in [2.05, 4.69) is 10.3 Å². The Balaban J connectivity index is 1.48. The Morgan fingerprint density at radius 3 is 2.39 bits per heavy atom. The van der Waals surface area contributed by atoms with Crippen LogP contribution in [-0.2, 0) is 14.8 Å². The van der Waals surface area contributed by atoms with Crippen LogP contribution in [0.3, 0.4) is 0 Å². The smallest absolute Gasteiger partial charge is 0.257 e. The zero-order valence-corrected chi connectivity index (χ0v) is 20.5. The number of nitrogens with one attached hydrogen (secondary N) is 1. The quantitative estimate of drug-likeness (QED) is 0.510. The van der Waals surface area contributed by atoms with Crippen molar-refractivity contribution >= 4 is 55.6 Å². The van der Waals surface area contributed by atoms with Crippen LogP contribution in [0.1, 0.15) is 10.4 Å². The number of amides is 1. The molecule has 0 saturated carbocycles. The van der Waals surface area contributed by atoms with Crippen LogP contribution in [0, 0.1) is 0 Å². The van der Waals surface area contributed by atoms with Crippen molar-refractivity contribution in [3.63, 3.8) is 0 Å². The first kappa shape index (κ1) is 23.9. The van der Waals surface area contributed by atoms with E-state index < -0.39 is 15.9 Å². The predicted molar refractivity (Wildman–Crippen MR) is 128 cm³/mol. The molecule has 4 rings (SSSR count). The maximum absolute atomic E-state index is 12.8. The maximum Gasteiger partial charge on any atom is 0.257 e. The molecule has 174 valence electrons. The number of thiazole rings is 1. The van der Waals surface area contributed by atoms with Crippen LogP contribution in [0.5, 0.6) is 5.75 Å². The average Bonchev–Trinajstić information content (AvgIpc) is 3.28. The third-order valence-corrected chi connectivity index (χ3v) is 8.18. The first-order valence-corrected chi connectivity index (χ1v) is 12.9. The molecular weight excluding hydrogens is 509 g/mol. The Kier molecular flexibility index (Phi) is 7.22. The molecule has 8 nitrogen and oxygen atoms in total. The minimum Gasteiger partial charge on any atom is -0.494 e. The first-order chi connectivity index (χ1) is 15.8. The minimum absolute atomic E-state index is 0.213. The fourth-order valence-corrected chi connectivity index (χ4v) is 6.02. The van der Waals surface area contributed by atoms with Gasteiger partial charge in [0.15, 0.2) is 10.9 Å². The molecular formula is C21H19Cl2N3O5S2. The fourth-order valence-electron chi connectivity index (χ4n) is 3.25. The number of carbonyl (C=O) groups is 1. The number of benzene rings is 2. The van der Waals surface area contributed by atoms with Crippen molar-refractivity contribution in [2.75, 3.05) is 38.7 Å². The molecule has 1 aromatic heterocycles. The highest BCUT2D eigenvalue weighted by Crippen LogP contribution is 2.34. The molecule has 0 aliphatic carbocycles. The Hall–Kier alpha value is -2.21. The van der Waals surface area contributed by atoms with Gasteiger partial charge in [-0.2, -0.15) is 4.31 Å². The highest BCUT2D eigenvalue weighted by molar-refractivity contribution is 7.89. The van der Waals surface area contributed by atoms with Crippen molar-refractivity contribution < 1.29 is 22.7 Å². The van der Waals surface area contributed by atoms with E-state index in [0.29, 0.717) is 42.9 Å². The SMILES string of the molecule is COc1c(Cl)cc(C(=O)Nc2nc(-c3ccc(S(=O)(=O)N4CCOCC4)cc3)cs2)cc1Cl. The van der Waals surface area contributed by atoms with Gasteiger partial charge >= 0.3 is 0 Å². The van der Waals surface area contributed by atoms with Gasteiger partial charge in [0.05, 0.1) is 41.0 Å². The van der Waals surface area contributed by atoms with E-state index in [1.807, 2.05) is 0 Å². The minimum atomic E-state index is -3.57. The zero-order chi connectivity index (χ0) is 23.6. The molecule has 1 fully saturated rings. The molecule has 1 saturated heterocycles. The van der Waals surface area contributed by atoms with Gasteiger partial charge in [-0.1, -0.05) is 35.3 Å². The van der Waals surface area contributed by atoms with Crippen molar-refractivity contribution in [2.24, 2.45) is 0 Å². The van der Waals surface area contributed by atoms with Gasteiger partial charge < -0.3 is 9.47 Å². The van der Waals surface area contributed by atoms with Crippen molar-refractivity contribution in [2.45, 2.75) is 4.90 Å². The number of hydrogen-bond acceptors (Lipinski definition) is 7. The molecule has 2 heterocycles. The average molecular weight is 528 g/mol. The molecule has 1 aliphatic rings. The molecule has 0 bridgehead atoms. The summed E-state index contributed by atoms with van der Waals surface area (Å²) in [5.41, 5.74) is 1.60. The lowest BCUT2D eigenvalue weighted by Crippen LogP contribution is -2.40. The highest BCUT2D eigenvalue weighted by atomic mass is 35.5. The van der Waals surface area contributed by atoms with Crippen molar-refractivity contribution in [1.82, 2.24) is 9.29 Å². The van der Waals surface area contributed by atoms with Gasteiger partial charge in [0.1, 0.15) is 0 Å². The molecule has 3 aromatic rings. The monoisotopic (exact) mass is 527 g/mol. The van der Waals surface area contributed by atoms with Crippen molar-refractivity contribution in [3.05, 3.63) is 57.4 Å². The second-order valence-electron chi connectivity index (χ2n) is 7.01. The predicted octanol–water partition coefficient (Wildman–Crippen LogP) is 4.40.